The number of rotatable bonds is 16. The summed E-state index contributed by atoms with van der Waals surface area (Å²) in [5, 5.41) is 5.78. The first-order chi connectivity index (χ1) is 13.5. The maximum absolute atomic E-state index is 11.4. The highest BCUT2D eigenvalue weighted by Crippen LogP contribution is 1.96. The Morgan fingerprint density at radius 1 is 0.643 bits per heavy atom. The van der Waals surface area contributed by atoms with Gasteiger partial charge in [-0.25, -0.2) is 4.79 Å². The summed E-state index contributed by atoms with van der Waals surface area (Å²) in [4.78, 5) is 44.4. The second kappa shape index (κ2) is 18.0. The molecule has 0 bridgehead atoms. The molecule has 10 nitrogen and oxygen atoms in total. The Bertz CT molecular complexity index is 429. The lowest BCUT2D eigenvalue weighted by atomic mass is 10.2. The lowest BCUT2D eigenvalue weighted by molar-refractivity contribution is -0.167. The summed E-state index contributed by atoms with van der Waals surface area (Å²) in [5.41, 5.74) is 0. The zero-order valence-electron chi connectivity index (χ0n) is 16.8. The summed E-state index contributed by atoms with van der Waals surface area (Å²) < 4.78 is 18.7. The first-order valence-electron chi connectivity index (χ1n) is 9.57. The van der Waals surface area contributed by atoms with E-state index >= 15 is 0 Å². The molecule has 0 aliphatic heterocycles. The maximum Gasteiger partial charge on any atom is 0.410 e. The van der Waals surface area contributed by atoms with Crippen LogP contribution in [0.25, 0.3) is 0 Å². The lowest BCUT2D eigenvalue weighted by Crippen LogP contribution is -2.27. The van der Waals surface area contributed by atoms with Gasteiger partial charge in [-0.15, -0.1) is 0 Å². The highest BCUT2D eigenvalue weighted by Gasteiger charge is 2.05. The second-order valence-corrected chi connectivity index (χ2v) is 5.76. The molecule has 0 spiro atoms. The monoisotopic (exact) mass is 404 g/mol. The number of esters is 3. The second-order valence-electron chi connectivity index (χ2n) is 5.76. The molecular formula is C18H32N2O8. The third-order valence-corrected chi connectivity index (χ3v) is 3.46. The molecule has 0 heterocycles. The van der Waals surface area contributed by atoms with Gasteiger partial charge in [-0.3, -0.25) is 14.4 Å². The van der Waals surface area contributed by atoms with Gasteiger partial charge in [0.1, 0.15) is 0 Å². The molecular weight excluding hydrogens is 372 g/mol. The minimum atomic E-state index is -0.613. The Morgan fingerprint density at radius 2 is 1.18 bits per heavy atom. The number of ether oxygens (including phenoxy) is 4. The molecule has 1 amide bonds. The van der Waals surface area contributed by atoms with Crippen molar-refractivity contribution in [2.24, 2.45) is 0 Å². The van der Waals surface area contributed by atoms with E-state index in [-0.39, 0.29) is 32.8 Å². The van der Waals surface area contributed by atoms with E-state index in [0.29, 0.717) is 19.5 Å². The van der Waals surface area contributed by atoms with E-state index in [0.717, 1.165) is 25.8 Å². The van der Waals surface area contributed by atoms with E-state index in [1.54, 1.807) is 13.8 Å². The zero-order chi connectivity index (χ0) is 21.0. The molecule has 162 valence electrons. The lowest BCUT2D eigenvalue weighted by Gasteiger charge is -2.08. The van der Waals surface area contributed by atoms with Gasteiger partial charge in [0, 0.05) is 25.8 Å². The molecule has 0 aliphatic rings. The molecule has 28 heavy (non-hydrogen) atoms. The summed E-state index contributed by atoms with van der Waals surface area (Å²) in [6, 6.07) is 0. The van der Waals surface area contributed by atoms with Gasteiger partial charge in [0.2, 0.25) is 13.6 Å². The third-order valence-electron chi connectivity index (χ3n) is 3.46. The molecule has 0 aromatic carbocycles. The van der Waals surface area contributed by atoms with Crippen LogP contribution in [0.3, 0.4) is 0 Å². The predicted octanol–water partition coefficient (Wildman–Crippen LogP) is 1.62. The number of carbonyl (C=O) groups is 4. The van der Waals surface area contributed by atoms with Gasteiger partial charge in [0.15, 0.2) is 0 Å². The van der Waals surface area contributed by atoms with Crippen LogP contribution >= 0.6 is 0 Å². The van der Waals surface area contributed by atoms with E-state index < -0.39 is 24.0 Å². The van der Waals surface area contributed by atoms with E-state index in [1.807, 2.05) is 0 Å². The Hall–Kier alpha value is -2.36. The molecule has 0 atom stereocenters. The van der Waals surface area contributed by atoms with Crippen molar-refractivity contribution in [3.8, 4) is 0 Å². The summed E-state index contributed by atoms with van der Waals surface area (Å²) in [7, 11) is 0. The van der Waals surface area contributed by atoms with Crippen LogP contribution in [0.4, 0.5) is 4.79 Å². The van der Waals surface area contributed by atoms with Gasteiger partial charge < -0.3 is 29.6 Å². The van der Waals surface area contributed by atoms with Crippen LogP contribution < -0.4 is 10.6 Å². The molecule has 0 fully saturated rings. The predicted molar refractivity (Wildman–Crippen MR) is 99.0 cm³/mol. The smallest absolute Gasteiger partial charge is 0.410 e. The maximum atomic E-state index is 11.4. The van der Waals surface area contributed by atoms with Gasteiger partial charge in [0.25, 0.3) is 0 Å². The number of carbonyl (C=O) groups excluding carboxylic acids is 4. The standard InChI is InChI=1S/C18H32N2O8/c1-3-15(21)25-13-27-17(23)9-8-11-19-10-6-5-7-12-20-18(24)28-14-26-16(22)4-2/h19H,3-14H2,1-2H3,(H,20,24). The summed E-state index contributed by atoms with van der Waals surface area (Å²) in [6.45, 7) is 4.58. The van der Waals surface area contributed by atoms with E-state index in [9.17, 15) is 19.2 Å². The number of hydrogen-bond donors (Lipinski definition) is 2. The van der Waals surface area contributed by atoms with Crippen LogP contribution in [0, 0.1) is 0 Å². The highest BCUT2D eigenvalue weighted by atomic mass is 16.7. The fourth-order valence-corrected chi connectivity index (χ4v) is 1.86. The van der Waals surface area contributed by atoms with Gasteiger partial charge in [0.05, 0.1) is 0 Å². The van der Waals surface area contributed by atoms with Crippen molar-refractivity contribution in [3.63, 3.8) is 0 Å². The van der Waals surface area contributed by atoms with Crippen molar-refractivity contribution in [1.82, 2.24) is 10.6 Å². The van der Waals surface area contributed by atoms with Crippen LogP contribution in [0.1, 0.15) is 58.8 Å². The van der Waals surface area contributed by atoms with Crippen molar-refractivity contribution >= 4 is 24.0 Å². The Kier molecular flexibility index (Phi) is 16.5. The van der Waals surface area contributed by atoms with Crippen LogP contribution in [0.15, 0.2) is 0 Å². The molecule has 0 unspecified atom stereocenters. The molecule has 0 radical (unpaired) electrons. The third kappa shape index (κ3) is 17.1. The normalized spacial score (nSPS) is 10.1. The zero-order valence-corrected chi connectivity index (χ0v) is 16.8. The van der Waals surface area contributed by atoms with Gasteiger partial charge in [-0.1, -0.05) is 20.3 Å². The largest absolute Gasteiger partial charge is 0.428 e. The molecule has 0 saturated carbocycles. The number of unbranched alkanes of at least 4 members (excludes halogenated alkanes) is 2. The number of alkyl carbamates (subject to hydrolysis) is 1. The minimum Gasteiger partial charge on any atom is -0.428 e. The van der Waals surface area contributed by atoms with E-state index in [2.05, 4.69) is 24.8 Å². The Balaban J connectivity index is 3.33. The summed E-state index contributed by atoms with van der Waals surface area (Å²) in [6.07, 6.45) is 3.42. The first kappa shape index (κ1) is 25.6. The van der Waals surface area contributed by atoms with Crippen molar-refractivity contribution in [2.75, 3.05) is 33.2 Å². The molecule has 10 heteroatoms. The fraction of sp³-hybridized carbons (Fsp3) is 0.778. The van der Waals surface area contributed by atoms with E-state index in [1.165, 1.54) is 0 Å². The quantitative estimate of drug-likeness (QED) is 0.224. The molecule has 0 saturated heterocycles. The SMILES string of the molecule is CCC(=O)OCOC(=O)CCCNCCCCCNC(=O)OCOC(=O)CC. The average Bonchev–Trinajstić information content (AvgIpc) is 2.68. The minimum absolute atomic E-state index is 0.235. The van der Waals surface area contributed by atoms with Crippen molar-refractivity contribution in [2.45, 2.75) is 58.8 Å². The molecule has 0 rings (SSSR count). The van der Waals surface area contributed by atoms with Crippen LogP contribution in [-0.2, 0) is 33.3 Å². The Labute approximate surface area is 165 Å². The number of amides is 1. The van der Waals surface area contributed by atoms with Gasteiger partial charge >= 0.3 is 24.0 Å². The topological polar surface area (TPSA) is 129 Å². The highest BCUT2D eigenvalue weighted by molar-refractivity contribution is 5.71. The van der Waals surface area contributed by atoms with Crippen LogP contribution in [0.5, 0.6) is 0 Å². The van der Waals surface area contributed by atoms with Crippen LogP contribution in [0.2, 0.25) is 0 Å². The first-order valence-corrected chi connectivity index (χ1v) is 9.57. The molecule has 0 aromatic heterocycles. The summed E-state index contributed by atoms with van der Waals surface area (Å²) >= 11 is 0. The number of hydrogen-bond acceptors (Lipinski definition) is 9. The summed E-state index contributed by atoms with van der Waals surface area (Å²) in [5.74, 6) is -1.22. The molecule has 0 aromatic rings. The number of nitrogens with one attached hydrogen (secondary N) is 2. The van der Waals surface area contributed by atoms with E-state index in [4.69, 9.17) is 4.74 Å². The fourth-order valence-electron chi connectivity index (χ4n) is 1.86. The van der Waals surface area contributed by atoms with Gasteiger partial charge in [-0.05, 0) is 32.4 Å². The van der Waals surface area contributed by atoms with Crippen molar-refractivity contribution in [1.29, 1.82) is 0 Å². The molecule has 2 N–H and O–H groups in total. The Morgan fingerprint density at radius 3 is 1.82 bits per heavy atom. The average molecular weight is 404 g/mol. The van der Waals surface area contributed by atoms with Crippen molar-refractivity contribution in [3.05, 3.63) is 0 Å². The molecule has 0 aliphatic carbocycles. The van der Waals surface area contributed by atoms with Crippen LogP contribution in [-0.4, -0.2) is 57.2 Å². The van der Waals surface area contributed by atoms with Crippen molar-refractivity contribution < 1.29 is 38.1 Å². The van der Waals surface area contributed by atoms with Gasteiger partial charge in [-0.2, -0.15) is 0 Å².